The minimum absolute atomic E-state index is 0.0332. The lowest BCUT2D eigenvalue weighted by atomic mass is 9.90. The van der Waals surface area contributed by atoms with E-state index < -0.39 is 6.10 Å². The molecule has 0 fully saturated rings. The highest BCUT2D eigenvalue weighted by Gasteiger charge is 2.36. The van der Waals surface area contributed by atoms with Crippen LogP contribution in [0.15, 0.2) is 40.5 Å². The Morgan fingerprint density at radius 2 is 2.27 bits per heavy atom. The van der Waals surface area contributed by atoms with Crippen molar-refractivity contribution in [3.05, 3.63) is 35.4 Å². The van der Waals surface area contributed by atoms with Gasteiger partial charge in [0.1, 0.15) is 0 Å². The first-order valence-corrected chi connectivity index (χ1v) is 7.30. The van der Waals surface area contributed by atoms with E-state index in [0.717, 1.165) is 17.0 Å². The van der Waals surface area contributed by atoms with E-state index in [4.69, 9.17) is 4.74 Å². The van der Waals surface area contributed by atoms with E-state index in [-0.39, 0.29) is 17.9 Å². The number of rotatable bonds is 3. The molecule has 0 radical (unpaired) electrons. The standard InChI is InChI=1S/C15H20N4O3/c1-8-6-13(21)16-17-15(8)10-4-5-14(22-3)19-12(10)7-11(18-19)9(2)20/h4-5,7-9,11,18,20H,6H2,1-3H3,(H,16,21). The smallest absolute Gasteiger partial charge is 0.240 e. The number of allylic oxidation sites excluding steroid dienone is 3. The first-order chi connectivity index (χ1) is 10.5. The van der Waals surface area contributed by atoms with Crippen molar-refractivity contribution in [2.24, 2.45) is 11.0 Å². The second-order valence-electron chi connectivity index (χ2n) is 5.71. The van der Waals surface area contributed by atoms with Crippen molar-refractivity contribution < 1.29 is 14.6 Å². The summed E-state index contributed by atoms with van der Waals surface area (Å²) in [6.45, 7) is 3.71. The number of aliphatic hydroxyl groups is 1. The molecular formula is C15H20N4O3. The zero-order valence-electron chi connectivity index (χ0n) is 12.8. The average Bonchev–Trinajstić information content (AvgIpc) is 2.92. The molecule has 1 amide bonds. The van der Waals surface area contributed by atoms with Crippen molar-refractivity contribution in [2.75, 3.05) is 7.11 Å². The minimum Gasteiger partial charge on any atom is -0.481 e. The fourth-order valence-electron chi connectivity index (χ4n) is 2.81. The number of nitrogens with zero attached hydrogens (tertiary/aromatic N) is 2. The Labute approximate surface area is 129 Å². The van der Waals surface area contributed by atoms with E-state index in [1.54, 1.807) is 19.0 Å². The van der Waals surface area contributed by atoms with Crippen LogP contribution < -0.4 is 10.9 Å². The maximum Gasteiger partial charge on any atom is 0.240 e. The molecule has 0 aromatic heterocycles. The van der Waals surface area contributed by atoms with Gasteiger partial charge in [-0.3, -0.25) is 4.79 Å². The largest absolute Gasteiger partial charge is 0.481 e. The van der Waals surface area contributed by atoms with Gasteiger partial charge in [0.2, 0.25) is 11.8 Å². The number of carbonyl (C=O) groups is 1. The van der Waals surface area contributed by atoms with E-state index >= 15 is 0 Å². The molecule has 118 valence electrons. The maximum absolute atomic E-state index is 11.4. The Bertz CT molecular complexity index is 618. The molecule has 3 aliphatic rings. The molecule has 3 atom stereocenters. The van der Waals surface area contributed by atoms with E-state index in [2.05, 4.69) is 16.0 Å². The van der Waals surface area contributed by atoms with Gasteiger partial charge in [-0.2, -0.15) is 5.10 Å². The highest BCUT2D eigenvalue weighted by atomic mass is 16.5. The van der Waals surface area contributed by atoms with Crippen LogP contribution in [0.4, 0.5) is 0 Å². The van der Waals surface area contributed by atoms with Gasteiger partial charge in [-0.05, 0) is 19.1 Å². The van der Waals surface area contributed by atoms with Crippen molar-refractivity contribution in [2.45, 2.75) is 32.4 Å². The summed E-state index contributed by atoms with van der Waals surface area (Å²) in [5.74, 6) is 0.607. The lowest BCUT2D eigenvalue weighted by Crippen LogP contribution is -2.43. The van der Waals surface area contributed by atoms with E-state index in [0.29, 0.717) is 12.3 Å². The highest BCUT2D eigenvalue weighted by Crippen LogP contribution is 2.33. The van der Waals surface area contributed by atoms with Gasteiger partial charge in [0, 0.05) is 24.0 Å². The average molecular weight is 304 g/mol. The summed E-state index contributed by atoms with van der Waals surface area (Å²) in [4.78, 5) is 11.4. The molecular weight excluding hydrogens is 284 g/mol. The zero-order chi connectivity index (χ0) is 15.9. The van der Waals surface area contributed by atoms with E-state index in [1.165, 1.54) is 0 Å². The van der Waals surface area contributed by atoms with Crippen molar-refractivity contribution in [3.63, 3.8) is 0 Å². The molecule has 3 heterocycles. The quantitative estimate of drug-likeness (QED) is 0.702. The second kappa shape index (κ2) is 5.58. The third-order valence-electron chi connectivity index (χ3n) is 4.01. The normalized spacial score (nSPS) is 28.9. The Morgan fingerprint density at radius 3 is 2.91 bits per heavy atom. The van der Waals surface area contributed by atoms with Gasteiger partial charge in [-0.25, -0.2) is 15.9 Å². The Balaban J connectivity index is 1.99. The van der Waals surface area contributed by atoms with E-state index in [1.807, 2.05) is 25.2 Å². The molecule has 22 heavy (non-hydrogen) atoms. The predicted octanol–water partition coefficient (Wildman–Crippen LogP) is 0.380. The number of hydrazine groups is 1. The Morgan fingerprint density at radius 1 is 1.50 bits per heavy atom. The number of carbonyl (C=O) groups excluding carboxylic acids is 1. The zero-order valence-corrected chi connectivity index (χ0v) is 12.8. The summed E-state index contributed by atoms with van der Waals surface area (Å²) in [7, 11) is 1.60. The first kappa shape index (κ1) is 14.8. The summed E-state index contributed by atoms with van der Waals surface area (Å²) >= 11 is 0. The first-order valence-electron chi connectivity index (χ1n) is 7.30. The molecule has 0 spiro atoms. The van der Waals surface area contributed by atoms with Crippen LogP contribution in [-0.4, -0.2) is 41.0 Å². The summed E-state index contributed by atoms with van der Waals surface area (Å²) in [6.07, 6.45) is 5.60. The minimum atomic E-state index is -0.539. The van der Waals surface area contributed by atoms with Crippen molar-refractivity contribution >= 4 is 11.6 Å². The summed E-state index contributed by atoms with van der Waals surface area (Å²) in [5, 5.41) is 15.9. The van der Waals surface area contributed by atoms with Crippen LogP contribution in [-0.2, 0) is 9.53 Å². The molecule has 3 N–H and O–H groups in total. The molecule has 7 heteroatoms. The van der Waals surface area contributed by atoms with Crippen LogP contribution >= 0.6 is 0 Å². The van der Waals surface area contributed by atoms with Crippen LogP contribution in [0.1, 0.15) is 20.3 Å². The van der Waals surface area contributed by atoms with Gasteiger partial charge in [-0.1, -0.05) is 6.92 Å². The van der Waals surface area contributed by atoms with Crippen LogP contribution in [0, 0.1) is 5.92 Å². The third-order valence-corrected chi connectivity index (χ3v) is 4.01. The lowest BCUT2D eigenvalue weighted by molar-refractivity contribution is -0.121. The monoisotopic (exact) mass is 304 g/mol. The molecule has 3 rings (SSSR count). The van der Waals surface area contributed by atoms with Crippen LogP contribution in [0.2, 0.25) is 0 Å². The maximum atomic E-state index is 11.4. The molecule has 3 aliphatic heterocycles. The predicted molar refractivity (Wildman–Crippen MR) is 81.1 cm³/mol. The van der Waals surface area contributed by atoms with Crippen molar-refractivity contribution in [1.82, 2.24) is 15.9 Å². The number of hydrazone groups is 1. The number of amides is 1. The second-order valence-corrected chi connectivity index (χ2v) is 5.71. The molecule has 0 bridgehead atoms. The fraction of sp³-hybridized carbons (Fsp3) is 0.467. The Kier molecular flexibility index (Phi) is 3.76. The van der Waals surface area contributed by atoms with Gasteiger partial charge >= 0.3 is 0 Å². The number of aliphatic hydroxyl groups excluding tert-OH is 1. The summed E-state index contributed by atoms with van der Waals surface area (Å²) < 4.78 is 5.36. The van der Waals surface area contributed by atoms with Crippen LogP contribution in [0.3, 0.4) is 0 Å². The number of nitrogens with one attached hydrogen (secondary N) is 2. The molecule has 0 saturated heterocycles. The van der Waals surface area contributed by atoms with Crippen molar-refractivity contribution in [3.8, 4) is 0 Å². The number of methoxy groups -OCH3 is 1. The Hall–Kier alpha value is -2.12. The van der Waals surface area contributed by atoms with Gasteiger partial charge in [0.05, 0.1) is 30.7 Å². The molecule has 7 nitrogen and oxygen atoms in total. The third kappa shape index (κ3) is 2.42. The lowest BCUT2D eigenvalue weighted by Gasteiger charge is -2.31. The summed E-state index contributed by atoms with van der Waals surface area (Å²) in [6, 6.07) is -0.205. The van der Waals surface area contributed by atoms with Gasteiger partial charge in [0.15, 0.2) is 0 Å². The van der Waals surface area contributed by atoms with E-state index in [9.17, 15) is 9.90 Å². The number of hydrogen-bond donors (Lipinski definition) is 3. The molecule has 3 unspecified atom stereocenters. The topological polar surface area (TPSA) is 86.2 Å². The van der Waals surface area contributed by atoms with Crippen LogP contribution in [0.25, 0.3) is 0 Å². The number of ether oxygens (including phenoxy) is 1. The van der Waals surface area contributed by atoms with Crippen LogP contribution in [0.5, 0.6) is 0 Å². The highest BCUT2D eigenvalue weighted by molar-refractivity contribution is 6.08. The van der Waals surface area contributed by atoms with Crippen molar-refractivity contribution in [1.29, 1.82) is 0 Å². The SMILES string of the molecule is COC1=CC=C(C2=NNC(=O)CC2C)C2=CC(C(C)O)NN12. The fourth-order valence-corrected chi connectivity index (χ4v) is 2.81. The van der Waals surface area contributed by atoms with Gasteiger partial charge in [0.25, 0.3) is 0 Å². The summed E-state index contributed by atoms with van der Waals surface area (Å²) in [5.41, 5.74) is 8.37. The number of fused-ring (bicyclic) bond motifs is 1. The molecule has 0 saturated carbocycles. The number of hydrogen-bond acceptors (Lipinski definition) is 6. The molecule has 0 aromatic rings. The molecule has 0 aliphatic carbocycles. The van der Waals surface area contributed by atoms with Gasteiger partial charge < -0.3 is 9.84 Å². The van der Waals surface area contributed by atoms with Gasteiger partial charge in [-0.15, -0.1) is 0 Å². The molecule has 0 aromatic carbocycles.